The van der Waals surface area contributed by atoms with Crippen molar-refractivity contribution in [3.8, 4) is 11.3 Å². The minimum Gasteiger partial charge on any atom is -0.353 e. The summed E-state index contributed by atoms with van der Waals surface area (Å²) in [5.74, 6) is 0. The first kappa shape index (κ1) is 16.1. The van der Waals surface area contributed by atoms with E-state index in [0.29, 0.717) is 10.8 Å². The van der Waals surface area contributed by atoms with Gasteiger partial charge in [-0.15, -0.1) is 0 Å². The molecule has 0 unspecified atom stereocenters. The maximum atomic E-state index is 10.9. The van der Waals surface area contributed by atoms with Crippen LogP contribution in [-0.4, -0.2) is 9.91 Å². The molecule has 2 heterocycles. The quantitative estimate of drug-likeness (QED) is 0.238. The standard InChI is InChI=1S/C18H13N5O2S/c1-22-11-15(23(24)25)26-18(22)21-20-17-13-9-5-6-10-14(13)19-16(17)12-7-3-2-4-8-12/h2-11H,1H3/p+1. The molecule has 2 aromatic carbocycles. The van der Waals surface area contributed by atoms with Gasteiger partial charge in [-0.25, -0.2) is 4.57 Å². The van der Waals surface area contributed by atoms with Crippen molar-refractivity contribution >= 4 is 38.1 Å². The fourth-order valence-corrected chi connectivity index (χ4v) is 3.48. The molecule has 7 nitrogen and oxygen atoms in total. The highest BCUT2D eigenvalue weighted by Crippen LogP contribution is 2.38. The number of aromatic nitrogens is 2. The number of fused-ring (bicyclic) bond motifs is 1. The number of thiazole rings is 1. The largest absolute Gasteiger partial charge is 0.414 e. The molecule has 0 fully saturated rings. The van der Waals surface area contributed by atoms with Crippen LogP contribution in [0.2, 0.25) is 0 Å². The lowest BCUT2D eigenvalue weighted by molar-refractivity contribution is -0.656. The third-order valence-electron chi connectivity index (χ3n) is 3.96. The third-order valence-corrected chi connectivity index (χ3v) is 4.97. The van der Waals surface area contributed by atoms with Crippen molar-refractivity contribution in [2.24, 2.45) is 17.3 Å². The van der Waals surface area contributed by atoms with E-state index in [1.54, 1.807) is 11.6 Å². The summed E-state index contributed by atoms with van der Waals surface area (Å²) >= 11 is 0.990. The van der Waals surface area contributed by atoms with Gasteiger partial charge in [-0.3, -0.25) is 10.1 Å². The Labute approximate surface area is 152 Å². The summed E-state index contributed by atoms with van der Waals surface area (Å²) in [6.07, 6.45) is 1.44. The number of para-hydroxylation sites is 1. The van der Waals surface area contributed by atoms with Gasteiger partial charge >= 0.3 is 10.1 Å². The van der Waals surface area contributed by atoms with Crippen molar-refractivity contribution in [2.75, 3.05) is 0 Å². The van der Waals surface area contributed by atoms with E-state index in [1.807, 2.05) is 54.6 Å². The molecule has 0 aliphatic carbocycles. The fourth-order valence-electron chi connectivity index (χ4n) is 2.73. The summed E-state index contributed by atoms with van der Waals surface area (Å²) in [5.41, 5.74) is 3.54. The average Bonchev–Trinajstić information content (AvgIpc) is 3.21. The summed E-state index contributed by atoms with van der Waals surface area (Å²) in [6.45, 7) is 0. The van der Waals surface area contributed by atoms with Crippen molar-refractivity contribution in [3.05, 3.63) is 70.9 Å². The molecule has 0 atom stereocenters. The Morgan fingerprint density at radius 3 is 2.54 bits per heavy atom. The van der Waals surface area contributed by atoms with E-state index in [4.69, 9.17) is 0 Å². The molecule has 26 heavy (non-hydrogen) atoms. The van der Waals surface area contributed by atoms with Gasteiger partial charge in [-0.1, -0.05) is 48.5 Å². The molecule has 0 aliphatic rings. The van der Waals surface area contributed by atoms with Crippen LogP contribution in [0.5, 0.6) is 0 Å². The molecule has 4 rings (SSSR count). The second-order valence-electron chi connectivity index (χ2n) is 5.68. The van der Waals surface area contributed by atoms with Crippen LogP contribution in [0.3, 0.4) is 0 Å². The highest BCUT2D eigenvalue weighted by atomic mass is 32.1. The number of aryl methyl sites for hydroxylation is 1. The van der Waals surface area contributed by atoms with Crippen molar-refractivity contribution in [1.82, 2.24) is 4.98 Å². The third kappa shape index (κ3) is 2.86. The van der Waals surface area contributed by atoms with E-state index in [2.05, 4.69) is 15.2 Å². The first-order valence-corrected chi connectivity index (χ1v) is 8.67. The Morgan fingerprint density at radius 2 is 1.81 bits per heavy atom. The molecule has 0 saturated carbocycles. The van der Waals surface area contributed by atoms with Gasteiger partial charge in [0.2, 0.25) is 0 Å². The van der Waals surface area contributed by atoms with E-state index < -0.39 is 4.92 Å². The normalized spacial score (nSPS) is 11.4. The SMILES string of the molecule is C[n+]1cc([N+](=O)[O-])sc1N=Nc1c(-c2ccccc2)[nH]c2ccccc12. The average molecular weight is 364 g/mol. The second kappa shape index (κ2) is 6.49. The molecule has 0 saturated heterocycles. The van der Waals surface area contributed by atoms with E-state index in [9.17, 15) is 10.1 Å². The lowest BCUT2D eigenvalue weighted by Crippen LogP contribution is -2.23. The van der Waals surface area contributed by atoms with Crippen LogP contribution >= 0.6 is 11.3 Å². The number of H-pyrrole nitrogens is 1. The molecule has 2 aromatic heterocycles. The number of aromatic amines is 1. The maximum Gasteiger partial charge on any atom is 0.414 e. The summed E-state index contributed by atoms with van der Waals surface area (Å²) < 4.78 is 1.60. The van der Waals surface area contributed by atoms with Crippen molar-refractivity contribution in [2.45, 2.75) is 0 Å². The van der Waals surface area contributed by atoms with E-state index in [0.717, 1.165) is 33.5 Å². The van der Waals surface area contributed by atoms with Gasteiger partial charge in [0.1, 0.15) is 5.69 Å². The Balaban J connectivity index is 1.84. The highest BCUT2D eigenvalue weighted by Gasteiger charge is 2.22. The Hall–Kier alpha value is -3.39. The molecule has 0 radical (unpaired) electrons. The van der Waals surface area contributed by atoms with Crippen LogP contribution in [0.25, 0.3) is 22.2 Å². The van der Waals surface area contributed by atoms with Crippen molar-refractivity contribution < 1.29 is 9.49 Å². The van der Waals surface area contributed by atoms with Gasteiger partial charge in [0.25, 0.3) is 0 Å². The molecule has 1 N–H and O–H groups in total. The predicted molar refractivity (Wildman–Crippen MR) is 100 cm³/mol. The number of nitrogens with zero attached hydrogens (tertiary/aromatic N) is 4. The van der Waals surface area contributed by atoms with Crippen LogP contribution < -0.4 is 4.57 Å². The number of nitro groups is 1. The number of azo groups is 1. The van der Waals surface area contributed by atoms with Crippen LogP contribution in [0.1, 0.15) is 0 Å². The smallest absolute Gasteiger partial charge is 0.353 e. The summed E-state index contributed by atoms with van der Waals surface area (Å²) in [4.78, 5) is 13.9. The Bertz CT molecular complexity index is 1130. The Kier molecular flexibility index (Phi) is 4.02. The minimum atomic E-state index is -0.426. The summed E-state index contributed by atoms with van der Waals surface area (Å²) in [5, 5.41) is 21.1. The number of nitrogens with one attached hydrogen (secondary N) is 1. The Morgan fingerprint density at radius 1 is 1.08 bits per heavy atom. The zero-order valence-corrected chi connectivity index (χ0v) is 14.6. The second-order valence-corrected chi connectivity index (χ2v) is 6.67. The minimum absolute atomic E-state index is 0.0312. The molecule has 0 bridgehead atoms. The molecule has 0 aliphatic heterocycles. The fraction of sp³-hybridized carbons (Fsp3) is 0.0556. The number of hydrogen-bond donors (Lipinski definition) is 1. The molecule has 0 amide bonds. The van der Waals surface area contributed by atoms with Crippen LogP contribution in [0.4, 0.5) is 15.8 Å². The molecule has 128 valence electrons. The van der Waals surface area contributed by atoms with Crippen LogP contribution in [-0.2, 0) is 7.05 Å². The van der Waals surface area contributed by atoms with Gasteiger partial charge in [-0.2, -0.15) is 0 Å². The lowest BCUT2D eigenvalue weighted by atomic mass is 10.1. The highest BCUT2D eigenvalue weighted by molar-refractivity contribution is 7.17. The van der Waals surface area contributed by atoms with Crippen molar-refractivity contribution in [3.63, 3.8) is 0 Å². The zero-order chi connectivity index (χ0) is 18.1. The van der Waals surface area contributed by atoms with Crippen LogP contribution in [0.15, 0.2) is 71.0 Å². The van der Waals surface area contributed by atoms with E-state index >= 15 is 0 Å². The molecular weight excluding hydrogens is 350 g/mol. The first-order chi connectivity index (χ1) is 12.6. The topological polar surface area (TPSA) is 87.5 Å². The van der Waals surface area contributed by atoms with Crippen LogP contribution in [0, 0.1) is 10.1 Å². The van der Waals surface area contributed by atoms with Gasteiger partial charge in [0.15, 0.2) is 6.20 Å². The molecule has 4 aromatic rings. The lowest BCUT2D eigenvalue weighted by Gasteiger charge is -1.97. The monoisotopic (exact) mass is 364 g/mol. The van der Waals surface area contributed by atoms with Gasteiger partial charge in [-0.05, 0) is 11.2 Å². The zero-order valence-electron chi connectivity index (χ0n) is 13.8. The number of hydrogen-bond acceptors (Lipinski definition) is 5. The molecule has 8 heteroatoms. The maximum absolute atomic E-state index is 10.9. The van der Waals surface area contributed by atoms with E-state index in [-0.39, 0.29) is 5.00 Å². The van der Waals surface area contributed by atoms with Crippen molar-refractivity contribution in [1.29, 1.82) is 0 Å². The first-order valence-electron chi connectivity index (χ1n) is 7.85. The van der Waals surface area contributed by atoms with Gasteiger partial charge in [0, 0.05) is 27.8 Å². The summed E-state index contributed by atoms with van der Waals surface area (Å²) in [7, 11) is 1.71. The van der Waals surface area contributed by atoms with Gasteiger partial charge < -0.3 is 4.98 Å². The van der Waals surface area contributed by atoms with E-state index in [1.165, 1.54) is 6.20 Å². The predicted octanol–water partition coefficient (Wildman–Crippen LogP) is 5.04. The number of benzene rings is 2. The molecule has 0 spiro atoms. The van der Waals surface area contributed by atoms with Gasteiger partial charge in [0.05, 0.1) is 22.8 Å². The molecular formula is C18H14N5O2S+. The number of rotatable bonds is 4. The summed E-state index contributed by atoms with van der Waals surface area (Å²) in [6, 6.07) is 17.7.